The van der Waals surface area contributed by atoms with Crippen LogP contribution in [0, 0.1) is 11.6 Å². The van der Waals surface area contributed by atoms with Crippen molar-refractivity contribution in [3.8, 4) is 0 Å². The van der Waals surface area contributed by atoms with Crippen molar-refractivity contribution in [2.24, 2.45) is 0 Å². The molecule has 0 spiro atoms. The molecule has 1 aromatic rings. The van der Waals surface area contributed by atoms with Crippen LogP contribution in [0.25, 0.3) is 0 Å². The van der Waals surface area contributed by atoms with Gasteiger partial charge < -0.3 is 10.2 Å². The Hall–Kier alpha value is -1.49. The number of halogens is 2. The standard InChI is InChI=1S/C9H8F2O3/c10-7-5(3-4-12)1-2-6(8(7)11)9(13)14/h1-2,12H,3-4H2,(H,13,14). The lowest BCUT2D eigenvalue weighted by molar-refractivity contribution is 0.0690. The minimum Gasteiger partial charge on any atom is -0.478 e. The van der Waals surface area contributed by atoms with Gasteiger partial charge in [0.05, 0.1) is 5.56 Å². The average molecular weight is 202 g/mol. The molecule has 0 radical (unpaired) electrons. The Kier molecular flexibility index (Phi) is 3.14. The topological polar surface area (TPSA) is 57.5 Å². The molecule has 0 fully saturated rings. The maximum absolute atomic E-state index is 13.1. The van der Waals surface area contributed by atoms with Crippen molar-refractivity contribution in [1.29, 1.82) is 0 Å². The molecule has 0 aliphatic heterocycles. The number of aromatic carboxylic acids is 1. The number of hydrogen-bond donors (Lipinski definition) is 2. The van der Waals surface area contributed by atoms with Gasteiger partial charge in [-0.15, -0.1) is 0 Å². The van der Waals surface area contributed by atoms with Crippen LogP contribution >= 0.6 is 0 Å². The van der Waals surface area contributed by atoms with E-state index in [1.165, 1.54) is 0 Å². The van der Waals surface area contributed by atoms with Gasteiger partial charge in [0.2, 0.25) is 0 Å². The Morgan fingerprint density at radius 2 is 1.93 bits per heavy atom. The molecule has 0 atom stereocenters. The highest BCUT2D eigenvalue weighted by molar-refractivity contribution is 5.88. The molecule has 76 valence electrons. The number of aliphatic hydroxyl groups excluding tert-OH is 1. The smallest absolute Gasteiger partial charge is 0.338 e. The van der Waals surface area contributed by atoms with E-state index in [9.17, 15) is 13.6 Å². The number of benzene rings is 1. The quantitative estimate of drug-likeness (QED) is 0.774. The fourth-order valence-corrected chi connectivity index (χ4v) is 1.07. The molecule has 14 heavy (non-hydrogen) atoms. The molecular weight excluding hydrogens is 194 g/mol. The Balaban J connectivity index is 3.19. The van der Waals surface area contributed by atoms with Crippen molar-refractivity contribution >= 4 is 5.97 Å². The van der Waals surface area contributed by atoms with Crippen LogP contribution in [-0.2, 0) is 6.42 Å². The van der Waals surface area contributed by atoms with E-state index in [1.807, 2.05) is 0 Å². The van der Waals surface area contributed by atoms with Crippen LogP contribution in [0.4, 0.5) is 8.78 Å². The summed E-state index contributed by atoms with van der Waals surface area (Å²) in [6.45, 7) is -0.317. The molecule has 2 N–H and O–H groups in total. The summed E-state index contributed by atoms with van der Waals surface area (Å²) in [4.78, 5) is 10.4. The first-order valence-electron chi connectivity index (χ1n) is 3.89. The second-order valence-electron chi connectivity index (χ2n) is 2.68. The summed E-state index contributed by atoms with van der Waals surface area (Å²) < 4.78 is 26.1. The van der Waals surface area contributed by atoms with Crippen LogP contribution in [0.2, 0.25) is 0 Å². The molecule has 0 unspecified atom stereocenters. The number of carboxylic acid groups (broad SMARTS) is 1. The molecule has 5 heteroatoms. The molecule has 1 aromatic carbocycles. The maximum Gasteiger partial charge on any atom is 0.338 e. The zero-order valence-electron chi connectivity index (χ0n) is 7.13. The average Bonchev–Trinajstić information content (AvgIpc) is 2.13. The number of hydrogen-bond acceptors (Lipinski definition) is 2. The van der Waals surface area contributed by atoms with Gasteiger partial charge in [-0.05, 0) is 18.1 Å². The zero-order chi connectivity index (χ0) is 10.7. The fraction of sp³-hybridized carbons (Fsp3) is 0.222. The minimum absolute atomic E-state index is 0.0324. The van der Waals surface area contributed by atoms with Crippen LogP contribution in [0.5, 0.6) is 0 Å². The molecular formula is C9H8F2O3. The first-order valence-corrected chi connectivity index (χ1v) is 3.89. The van der Waals surface area contributed by atoms with Crippen LogP contribution in [0.1, 0.15) is 15.9 Å². The second-order valence-corrected chi connectivity index (χ2v) is 2.68. The summed E-state index contributed by atoms with van der Waals surface area (Å²) in [5, 5.41) is 17.0. The molecule has 0 aromatic heterocycles. The number of rotatable bonds is 3. The highest BCUT2D eigenvalue weighted by atomic mass is 19.2. The lowest BCUT2D eigenvalue weighted by Crippen LogP contribution is -2.06. The molecule has 0 heterocycles. The third-order valence-corrected chi connectivity index (χ3v) is 1.77. The summed E-state index contributed by atoms with van der Waals surface area (Å²) in [5.41, 5.74) is -0.737. The van der Waals surface area contributed by atoms with Crippen LogP contribution in [0.3, 0.4) is 0 Å². The largest absolute Gasteiger partial charge is 0.478 e. The van der Waals surface area contributed by atoms with Gasteiger partial charge in [0.1, 0.15) is 0 Å². The van der Waals surface area contributed by atoms with Crippen molar-refractivity contribution in [2.45, 2.75) is 6.42 Å². The van der Waals surface area contributed by atoms with E-state index in [-0.39, 0.29) is 18.6 Å². The van der Waals surface area contributed by atoms with Gasteiger partial charge in [0, 0.05) is 6.61 Å². The van der Waals surface area contributed by atoms with Crippen molar-refractivity contribution in [2.75, 3.05) is 6.61 Å². The molecule has 0 aliphatic carbocycles. The van der Waals surface area contributed by atoms with Gasteiger partial charge in [0.15, 0.2) is 11.6 Å². The molecule has 1 rings (SSSR count). The van der Waals surface area contributed by atoms with Crippen LogP contribution in [-0.4, -0.2) is 22.8 Å². The summed E-state index contributed by atoms with van der Waals surface area (Å²) in [6, 6.07) is 2.13. The summed E-state index contributed by atoms with van der Waals surface area (Å²) >= 11 is 0. The molecule has 0 amide bonds. The summed E-state index contributed by atoms with van der Waals surface area (Å²) in [5.74, 6) is -4.11. The van der Waals surface area contributed by atoms with Crippen LogP contribution in [0.15, 0.2) is 12.1 Å². The maximum atomic E-state index is 13.1. The molecule has 0 bridgehead atoms. The van der Waals surface area contributed by atoms with E-state index in [4.69, 9.17) is 10.2 Å². The Labute approximate surface area is 78.6 Å². The number of carbonyl (C=O) groups is 1. The predicted octanol–water partition coefficient (Wildman–Crippen LogP) is 1.20. The first kappa shape index (κ1) is 10.6. The minimum atomic E-state index is -1.52. The third-order valence-electron chi connectivity index (χ3n) is 1.77. The van der Waals surface area contributed by atoms with Gasteiger partial charge in [-0.2, -0.15) is 0 Å². The predicted molar refractivity (Wildman–Crippen MR) is 44.1 cm³/mol. The van der Waals surface area contributed by atoms with E-state index in [0.717, 1.165) is 12.1 Å². The molecule has 0 saturated heterocycles. The Morgan fingerprint density at radius 1 is 1.29 bits per heavy atom. The van der Waals surface area contributed by atoms with E-state index < -0.39 is 23.2 Å². The SMILES string of the molecule is O=C(O)c1ccc(CCO)c(F)c1F. The number of aliphatic hydroxyl groups is 1. The monoisotopic (exact) mass is 202 g/mol. The highest BCUT2D eigenvalue weighted by Gasteiger charge is 2.17. The van der Waals surface area contributed by atoms with E-state index in [0.29, 0.717) is 0 Å². The molecule has 3 nitrogen and oxygen atoms in total. The van der Waals surface area contributed by atoms with Crippen molar-refractivity contribution in [1.82, 2.24) is 0 Å². The molecule has 0 aliphatic rings. The fourth-order valence-electron chi connectivity index (χ4n) is 1.07. The van der Waals surface area contributed by atoms with Gasteiger partial charge in [-0.1, -0.05) is 6.07 Å². The summed E-state index contributed by atoms with van der Waals surface area (Å²) in [6.07, 6.45) is -0.0390. The van der Waals surface area contributed by atoms with Crippen molar-refractivity contribution in [3.63, 3.8) is 0 Å². The van der Waals surface area contributed by atoms with Crippen LogP contribution < -0.4 is 0 Å². The summed E-state index contributed by atoms with van der Waals surface area (Å²) in [7, 11) is 0. The van der Waals surface area contributed by atoms with Crippen molar-refractivity contribution in [3.05, 3.63) is 34.9 Å². The Morgan fingerprint density at radius 3 is 2.43 bits per heavy atom. The van der Waals surface area contributed by atoms with Gasteiger partial charge in [0.25, 0.3) is 0 Å². The van der Waals surface area contributed by atoms with Gasteiger partial charge >= 0.3 is 5.97 Å². The van der Waals surface area contributed by atoms with Crippen molar-refractivity contribution < 1.29 is 23.8 Å². The zero-order valence-corrected chi connectivity index (χ0v) is 7.13. The van der Waals surface area contributed by atoms with Gasteiger partial charge in [-0.3, -0.25) is 0 Å². The lowest BCUT2D eigenvalue weighted by atomic mass is 10.1. The molecule has 0 saturated carbocycles. The first-order chi connectivity index (χ1) is 6.57. The Bertz CT molecular complexity index is 363. The third kappa shape index (κ3) is 1.88. The lowest BCUT2D eigenvalue weighted by Gasteiger charge is -2.03. The normalized spacial score (nSPS) is 10.2. The second kappa shape index (κ2) is 4.15. The van der Waals surface area contributed by atoms with E-state index in [1.54, 1.807) is 0 Å². The highest BCUT2D eigenvalue weighted by Crippen LogP contribution is 2.16. The van der Waals surface area contributed by atoms with E-state index >= 15 is 0 Å². The van der Waals surface area contributed by atoms with E-state index in [2.05, 4.69) is 0 Å². The number of carboxylic acids is 1. The van der Waals surface area contributed by atoms with Gasteiger partial charge in [-0.25, -0.2) is 13.6 Å².